The van der Waals surface area contributed by atoms with Crippen molar-refractivity contribution in [2.45, 2.75) is 12.5 Å². The van der Waals surface area contributed by atoms with Crippen LogP contribution in [0.1, 0.15) is 5.56 Å². The standard InChI is InChI=1S/C12H17NO5/c1-16-9-5-7(4-8(13)12(14)15)6-10(17-2)11(9)18-3/h5-6,8H,4,13H2,1-3H3,(H,14,15)/t8-/m0/s1. The van der Waals surface area contributed by atoms with E-state index in [0.717, 1.165) is 0 Å². The molecule has 6 nitrogen and oxygen atoms in total. The van der Waals surface area contributed by atoms with Crippen molar-refractivity contribution in [3.63, 3.8) is 0 Å². The van der Waals surface area contributed by atoms with Crippen molar-refractivity contribution < 1.29 is 24.1 Å². The van der Waals surface area contributed by atoms with E-state index in [1.165, 1.54) is 21.3 Å². The molecule has 0 amide bonds. The molecular formula is C12H17NO5. The van der Waals surface area contributed by atoms with E-state index in [0.29, 0.717) is 22.8 Å². The number of carboxylic acid groups (broad SMARTS) is 1. The van der Waals surface area contributed by atoms with Crippen LogP contribution >= 0.6 is 0 Å². The highest BCUT2D eigenvalue weighted by Crippen LogP contribution is 2.38. The molecule has 1 rings (SSSR count). The molecule has 0 aliphatic carbocycles. The van der Waals surface area contributed by atoms with E-state index in [-0.39, 0.29) is 6.42 Å². The first-order valence-corrected chi connectivity index (χ1v) is 5.30. The number of hydrogen-bond acceptors (Lipinski definition) is 5. The Balaban J connectivity index is 3.11. The Hall–Kier alpha value is -1.95. The summed E-state index contributed by atoms with van der Waals surface area (Å²) >= 11 is 0. The first kappa shape index (κ1) is 14.1. The lowest BCUT2D eigenvalue weighted by Gasteiger charge is -2.15. The number of carboxylic acids is 1. The second-order valence-corrected chi connectivity index (χ2v) is 3.68. The molecule has 3 N–H and O–H groups in total. The molecule has 0 radical (unpaired) electrons. The van der Waals surface area contributed by atoms with Gasteiger partial charge in [-0.2, -0.15) is 0 Å². The lowest BCUT2D eigenvalue weighted by Crippen LogP contribution is -2.32. The highest BCUT2D eigenvalue weighted by Gasteiger charge is 2.17. The molecule has 6 heteroatoms. The smallest absolute Gasteiger partial charge is 0.320 e. The number of nitrogens with two attached hydrogens (primary N) is 1. The Bertz CT molecular complexity index is 407. The van der Waals surface area contributed by atoms with Crippen LogP contribution in [-0.2, 0) is 11.2 Å². The number of rotatable bonds is 6. The van der Waals surface area contributed by atoms with Crippen LogP contribution in [0.15, 0.2) is 12.1 Å². The van der Waals surface area contributed by atoms with Crippen LogP contribution in [-0.4, -0.2) is 38.4 Å². The molecule has 1 aromatic carbocycles. The Morgan fingerprint density at radius 3 is 2.06 bits per heavy atom. The summed E-state index contributed by atoms with van der Waals surface area (Å²) in [5, 5.41) is 8.78. The molecule has 0 fully saturated rings. The van der Waals surface area contributed by atoms with Gasteiger partial charge in [-0.05, 0) is 24.1 Å². The minimum absolute atomic E-state index is 0.187. The van der Waals surface area contributed by atoms with Crippen molar-refractivity contribution in [2.24, 2.45) is 5.73 Å². The minimum Gasteiger partial charge on any atom is -0.493 e. The quantitative estimate of drug-likeness (QED) is 0.776. The maximum Gasteiger partial charge on any atom is 0.320 e. The molecular weight excluding hydrogens is 238 g/mol. The van der Waals surface area contributed by atoms with Crippen LogP contribution in [0.3, 0.4) is 0 Å². The lowest BCUT2D eigenvalue weighted by atomic mass is 10.1. The zero-order valence-electron chi connectivity index (χ0n) is 10.6. The molecule has 0 unspecified atom stereocenters. The van der Waals surface area contributed by atoms with Crippen molar-refractivity contribution >= 4 is 5.97 Å². The average molecular weight is 255 g/mol. The number of benzene rings is 1. The van der Waals surface area contributed by atoms with Crippen LogP contribution in [0, 0.1) is 0 Å². The second kappa shape index (κ2) is 6.11. The minimum atomic E-state index is -1.05. The predicted octanol–water partition coefficient (Wildman–Crippen LogP) is 0.667. The number of hydrogen-bond donors (Lipinski definition) is 2. The van der Waals surface area contributed by atoms with Gasteiger partial charge in [-0.1, -0.05) is 0 Å². The molecule has 18 heavy (non-hydrogen) atoms. The third-order valence-corrected chi connectivity index (χ3v) is 2.50. The predicted molar refractivity (Wildman–Crippen MR) is 65.4 cm³/mol. The normalized spacial score (nSPS) is 11.8. The summed E-state index contributed by atoms with van der Waals surface area (Å²) in [5.41, 5.74) is 6.20. The molecule has 0 saturated heterocycles. The van der Waals surface area contributed by atoms with Gasteiger partial charge in [-0.3, -0.25) is 4.79 Å². The Morgan fingerprint density at radius 2 is 1.72 bits per heavy atom. The lowest BCUT2D eigenvalue weighted by molar-refractivity contribution is -0.138. The summed E-state index contributed by atoms with van der Waals surface area (Å²) in [4.78, 5) is 10.7. The van der Waals surface area contributed by atoms with E-state index in [1.54, 1.807) is 12.1 Å². The van der Waals surface area contributed by atoms with Gasteiger partial charge in [0.2, 0.25) is 5.75 Å². The number of aliphatic carboxylic acids is 1. The second-order valence-electron chi connectivity index (χ2n) is 3.68. The number of carbonyl (C=O) groups is 1. The van der Waals surface area contributed by atoms with Gasteiger partial charge in [0, 0.05) is 0 Å². The monoisotopic (exact) mass is 255 g/mol. The van der Waals surface area contributed by atoms with Crippen LogP contribution in [0.5, 0.6) is 17.2 Å². The maximum atomic E-state index is 10.7. The van der Waals surface area contributed by atoms with Crippen molar-refractivity contribution in [3.8, 4) is 17.2 Å². The molecule has 0 saturated carbocycles. The van der Waals surface area contributed by atoms with E-state index in [2.05, 4.69) is 0 Å². The zero-order chi connectivity index (χ0) is 13.7. The van der Waals surface area contributed by atoms with Gasteiger partial charge in [0.15, 0.2) is 11.5 Å². The summed E-state index contributed by atoms with van der Waals surface area (Å²) < 4.78 is 15.5. The summed E-state index contributed by atoms with van der Waals surface area (Å²) in [7, 11) is 4.50. The molecule has 1 aromatic rings. The van der Waals surface area contributed by atoms with E-state index in [4.69, 9.17) is 25.1 Å². The zero-order valence-corrected chi connectivity index (χ0v) is 10.6. The van der Waals surface area contributed by atoms with Crippen LogP contribution in [0.25, 0.3) is 0 Å². The molecule has 1 atom stereocenters. The summed E-state index contributed by atoms with van der Waals surface area (Å²) in [6, 6.07) is 2.40. The highest BCUT2D eigenvalue weighted by molar-refractivity contribution is 5.73. The molecule has 0 aliphatic heterocycles. The van der Waals surface area contributed by atoms with Crippen molar-refractivity contribution in [1.82, 2.24) is 0 Å². The van der Waals surface area contributed by atoms with Gasteiger partial charge in [-0.25, -0.2) is 0 Å². The average Bonchev–Trinajstić information content (AvgIpc) is 2.37. The fourth-order valence-corrected chi connectivity index (χ4v) is 1.59. The van der Waals surface area contributed by atoms with Gasteiger partial charge in [0.05, 0.1) is 21.3 Å². The van der Waals surface area contributed by atoms with Crippen molar-refractivity contribution in [3.05, 3.63) is 17.7 Å². The molecule has 0 aliphatic rings. The van der Waals surface area contributed by atoms with E-state index in [9.17, 15) is 4.79 Å². The van der Waals surface area contributed by atoms with Crippen LogP contribution in [0.2, 0.25) is 0 Å². The number of methoxy groups -OCH3 is 3. The third-order valence-electron chi connectivity index (χ3n) is 2.50. The Kier molecular flexibility index (Phi) is 4.79. The van der Waals surface area contributed by atoms with Gasteiger partial charge >= 0.3 is 5.97 Å². The van der Waals surface area contributed by atoms with Gasteiger partial charge in [0.1, 0.15) is 6.04 Å². The SMILES string of the molecule is COc1cc(C[C@H](N)C(=O)O)cc(OC)c1OC. The third kappa shape index (κ3) is 3.04. The molecule has 0 spiro atoms. The fourth-order valence-electron chi connectivity index (χ4n) is 1.59. The van der Waals surface area contributed by atoms with Gasteiger partial charge < -0.3 is 25.1 Å². The van der Waals surface area contributed by atoms with Crippen LogP contribution in [0.4, 0.5) is 0 Å². The Morgan fingerprint density at radius 1 is 1.22 bits per heavy atom. The number of ether oxygens (including phenoxy) is 3. The molecule has 100 valence electrons. The van der Waals surface area contributed by atoms with Crippen molar-refractivity contribution in [1.29, 1.82) is 0 Å². The van der Waals surface area contributed by atoms with Gasteiger partial charge in [-0.15, -0.1) is 0 Å². The fraction of sp³-hybridized carbons (Fsp3) is 0.417. The van der Waals surface area contributed by atoms with E-state index < -0.39 is 12.0 Å². The first-order chi connectivity index (χ1) is 8.53. The summed E-state index contributed by atoms with van der Waals surface area (Å²) in [6.45, 7) is 0. The largest absolute Gasteiger partial charge is 0.493 e. The van der Waals surface area contributed by atoms with E-state index in [1.807, 2.05) is 0 Å². The summed E-state index contributed by atoms with van der Waals surface area (Å²) in [5.74, 6) is 0.366. The van der Waals surface area contributed by atoms with Crippen molar-refractivity contribution in [2.75, 3.05) is 21.3 Å². The molecule has 0 heterocycles. The topological polar surface area (TPSA) is 91.0 Å². The van der Waals surface area contributed by atoms with Crippen LogP contribution < -0.4 is 19.9 Å². The first-order valence-electron chi connectivity index (χ1n) is 5.30. The summed E-state index contributed by atoms with van der Waals surface area (Å²) in [6.07, 6.45) is 0.187. The van der Waals surface area contributed by atoms with Gasteiger partial charge in [0.25, 0.3) is 0 Å². The molecule has 0 bridgehead atoms. The molecule has 0 aromatic heterocycles. The maximum absolute atomic E-state index is 10.7. The van der Waals surface area contributed by atoms with E-state index >= 15 is 0 Å². The highest BCUT2D eigenvalue weighted by atomic mass is 16.5. The Labute approximate surface area is 105 Å².